The van der Waals surface area contributed by atoms with Crippen molar-refractivity contribution in [2.75, 3.05) is 5.32 Å². The molecule has 3 aliphatic rings. The Bertz CT molecular complexity index is 836. The molecule has 1 fully saturated rings. The van der Waals surface area contributed by atoms with Crippen molar-refractivity contribution in [3.8, 4) is 0 Å². The zero-order valence-electron chi connectivity index (χ0n) is 15.7. The van der Waals surface area contributed by atoms with E-state index in [1.807, 2.05) is 0 Å². The second kappa shape index (κ2) is 7.66. The van der Waals surface area contributed by atoms with E-state index in [4.69, 9.17) is 0 Å². The van der Waals surface area contributed by atoms with E-state index in [0.29, 0.717) is 5.92 Å². The lowest BCUT2D eigenvalue weighted by molar-refractivity contribution is 0.256. The van der Waals surface area contributed by atoms with Crippen LogP contribution in [-0.2, 0) is 35.7 Å². The number of benzene rings is 1. The first kappa shape index (κ1) is 18.5. The van der Waals surface area contributed by atoms with Crippen LogP contribution in [0, 0.1) is 5.92 Å². The molecule has 0 aromatic heterocycles. The van der Waals surface area contributed by atoms with E-state index in [9.17, 15) is 13.2 Å². The highest BCUT2D eigenvalue weighted by molar-refractivity contribution is 7.92. The summed E-state index contributed by atoms with van der Waals surface area (Å²) in [6.45, 7) is 0. The summed E-state index contributed by atoms with van der Waals surface area (Å²) in [4.78, 5) is 12.4. The van der Waals surface area contributed by atoms with Crippen molar-refractivity contribution in [2.24, 2.45) is 5.92 Å². The molecule has 0 unspecified atom stereocenters. The molecule has 6 heteroatoms. The zero-order chi connectivity index (χ0) is 18.9. The molecule has 0 saturated heterocycles. The lowest BCUT2D eigenvalue weighted by Crippen LogP contribution is -2.33. The highest BCUT2D eigenvalue weighted by Gasteiger charge is 2.25. The van der Waals surface area contributed by atoms with Crippen LogP contribution in [0.4, 0.5) is 10.5 Å². The number of rotatable bonds is 4. The van der Waals surface area contributed by atoms with E-state index in [0.717, 1.165) is 69.9 Å². The summed E-state index contributed by atoms with van der Waals surface area (Å²) in [5.74, 6) is 0.305. The van der Waals surface area contributed by atoms with Crippen molar-refractivity contribution in [1.82, 2.24) is 4.72 Å². The van der Waals surface area contributed by atoms with Crippen LogP contribution in [-0.4, -0.2) is 14.4 Å². The first-order chi connectivity index (χ1) is 13.0. The van der Waals surface area contributed by atoms with E-state index in [-0.39, 0.29) is 0 Å². The summed E-state index contributed by atoms with van der Waals surface area (Å²) < 4.78 is 26.7. The van der Waals surface area contributed by atoms with Gasteiger partial charge in [-0.2, -0.15) is 0 Å². The number of carbonyl (C=O) groups excluding carboxylic acids is 1. The molecular weight excluding hydrogens is 360 g/mol. The molecular formula is C21H28N2O3S. The van der Waals surface area contributed by atoms with Crippen LogP contribution in [0.5, 0.6) is 0 Å². The maximum absolute atomic E-state index is 12.4. The van der Waals surface area contributed by atoms with E-state index >= 15 is 0 Å². The van der Waals surface area contributed by atoms with Crippen LogP contribution in [0.3, 0.4) is 0 Å². The van der Waals surface area contributed by atoms with Gasteiger partial charge in [-0.25, -0.2) is 17.9 Å². The van der Waals surface area contributed by atoms with E-state index < -0.39 is 16.1 Å². The topological polar surface area (TPSA) is 75.3 Å². The third-order valence-corrected chi connectivity index (χ3v) is 7.11. The van der Waals surface area contributed by atoms with Crippen molar-refractivity contribution < 1.29 is 13.2 Å². The first-order valence-electron chi connectivity index (χ1n) is 10.2. The number of amides is 2. The van der Waals surface area contributed by atoms with Gasteiger partial charge < -0.3 is 5.32 Å². The molecule has 3 aliphatic carbocycles. The van der Waals surface area contributed by atoms with Gasteiger partial charge in [0.1, 0.15) is 0 Å². The largest absolute Gasteiger partial charge is 0.333 e. The van der Waals surface area contributed by atoms with Crippen LogP contribution >= 0.6 is 0 Å². The van der Waals surface area contributed by atoms with Crippen molar-refractivity contribution in [2.45, 2.75) is 70.6 Å². The van der Waals surface area contributed by atoms with Crippen LogP contribution in [0.1, 0.15) is 67.2 Å². The predicted molar refractivity (Wildman–Crippen MR) is 107 cm³/mol. The fourth-order valence-corrected chi connectivity index (χ4v) is 5.62. The fraction of sp³-hybridized carbons (Fsp3) is 0.571. The molecule has 0 atom stereocenters. The summed E-state index contributed by atoms with van der Waals surface area (Å²) in [6, 6.07) is 1.63. The van der Waals surface area contributed by atoms with Crippen molar-refractivity contribution in [3.05, 3.63) is 39.8 Å². The molecule has 27 heavy (non-hydrogen) atoms. The summed E-state index contributed by atoms with van der Waals surface area (Å²) in [7, 11) is -3.77. The molecule has 1 aromatic carbocycles. The van der Waals surface area contributed by atoms with Crippen LogP contribution < -0.4 is 10.0 Å². The molecule has 4 rings (SSSR count). The molecule has 0 bridgehead atoms. The Balaban J connectivity index is 1.46. The summed E-state index contributed by atoms with van der Waals surface area (Å²) in [5, 5.41) is 4.04. The van der Waals surface area contributed by atoms with Gasteiger partial charge in [-0.05, 0) is 79.5 Å². The average molecular weight is 389 g/mol. The highest BCUT2D eigenvalue weighted by Crippen LogP contribution is 2.38. The van der Waals surface area contributed by atoms with Gasteiger partial charge in [0.05, 0.1) is 0 Å². The van der Waals surface area contributed by atoms with Gasteiger partial charge >= 0.3 is 6.03 Å². The zero-order valence-corrected chi connectivity index (χ0v) is 16.5. The number of urea groups is 1. The van der Waals surface area contributed by atoms with Crippen LogP contribution in [0.15, 0.2) is 17.6 Å². The number of carbonyl (C=O) groups is 1. The van der Waals surface area contributed by atoms with E-state index in [2.05, 4.69) is 16.1 Å². The molecule has 2 N–H and O–H groups in total. The van der Waals surface area contributed by atoms with Gasteiger partial charge in [0.15, 0.2) is 0 Å². The maximum atomic E-state index is 12.4. The highest BCUT2D eigenvalue weighted by atomic mass is 32.2. The van der Waals surface area contributed by atoms with Crippen molar-refractivity contribution in [3.63, 3.8) is 0 Å². The van der Waals surface area contributed by atoms with Gasteiger partial charge in [-0.3, -0.25) is 0 Å². The number of nitrogens with one attached hydrogen (secondary N) is 2. The number of hydrogen-bond donors (Lipinski definition) is 2. The minimum absolute atomic E-state index is 0.305. The lowest BCUT2D eigenvalue weighted by Gasteiger charge is -2.18. The minimum atomic E-state index is -3.77. The Kier molecular flexibility index (Phi) is 5.26. The van der Waals surface area contributed by atoms with Crippen LogP contribution in [0.2, 0.25) is 0 Å². The summed E-state index contributed by atoms with van der Waals surface area (Å²) in [6.07, 6.45) is 13.5. The number of allylic oxidation sites excluding steroid dienone is 1. The monoisotopic (exact) mass is 388 g/mol. The lowest BCUT2D eigenvalue weighted by atomic mass is 9.90. The Morgan fingerprint density at radius 3 is 2.19 bits per heavy atom. The maximum Gasteiger partial charge on any atom is 0.333 e. The summed E-state index contributed by atoms with van der Waals surface area (Å²) >= 11 is 0. The Labute approximate surface area is 161 Å². The molecule has 1 aromatic rings. The van der Waals surface area contributed by atoms with Crippen molar-refractivity contribution >= 4 is 21.7 Å². The Morgan fingerprint density at radius 1 is 0.926 bits per heavy atom. The number of aryl methyl sites for hydroxylation is 2. The number of fused-ring (bicyclic) bond motifs is 2. The molecule has 1 saturated carbocycles. The first-order valence-corrected chi connectivity index (χ1v) is 11.7. The SMILES string of the molecule is O=C(Nc1c2c(cc3c1CCC3)CCC2)NS(=O)(=O)/C=C/C1CCCCC1. The molecule has 0 spiro atoms. The molecule has 0 heterocycles. The summed E-state index contributed by atoms with van der Waals surface area (Å²) in [5.41, 5.74) is 5.88. The second-order valence-electron chi connectivity index (χ2n) is 8.06. The fourth-order valence-electron chi connectivity index (χ4n) is 4.81. The van der Waals surface area contributed by atoms with Crippen molar-refractivity contribution in [1.29, 1.82) is 0 Å². The smallest absolute Gasteiger partial charge is 0.307 e. The molecule has 2 amide bonds. The Morgan fingerprint density at radius 2 is 1.56 bits per heavy atom. The minimum Gasteiger partial charge on any atom is -0.307 e. The molecule has 0 aliphatic heterocycles. The van der Waals surface area contributed by atoms with Crippen LogP contribution in [0.25, 0.3) is 0 Å². The normalized spacial score (nSPS) is 19.9. The predicted octanol–water partition coefficient (Wildman–Crippen LogP) is 4.21. The third-order valence-electron chi connectivity index (χ3n) is 6.13. The Hall–Kier alpha value is -1.82. The molecule has 146 valence electrons. The van der Waals surface area contributed by atoms with Gasteiger partial charge in [0, 0.05) is 11.1 Å². The van der Waals surface area contributed by atoms with Gasteiger partial charge in [-0.1, -0.05) is 31.4 Å². The third kappa shape index (κ3) is 4.21. The quantitative estimate of drug-likeness (QED) is 0.811. The van der Waals surface area contributed by atoms with E-state index in [1.54, 1.807) is 6.08 Å². The number of sulfonamides is 1. The standard InChI is InChI=1S/C21H28N2O3S/c24-21(23-27(25,26)13-12-15-6-2-1-3-7-15)22-20-18-10-4-8-16(18)14-17-9-5-11-19(17)20/h12-15H,1-11H2,(H2,22,23,24)/b13-12+. The molecule has 0 radical (unpaired) electrons. The average Bonchev–Trinajstić information content (AvgIpc) is 3.29. The van der Waals surface area contributed by atoms with Gasteiger partial charge in [0.2, 0.25) is 0 Å². The van der Waals surface area contributed by atoms with E-state index in [1.165, 1.54) is 34.1 Å². The molecule has 5 nitrogen and oxygen atoms in total. The number of anilines is 1. The van der Waals surface area contributed by atoms with Gasteiger partial charge in [-0.15, -0.1) is 0 Å². The second-order valence-corrected chi connectivity index (χ2v) is 9.63. The number of hydrogen-bond acceptors (Lipinski definition) is 3. The van der Waals surface area contributed by atoms with Gasteiger partial charge in [0.25, 0.3) is 10.0 Å².